The molecular weight excluding hydrogens is 316 g/mol. The summed E-state index contributed by atoms with van der Waals surface area (Å²) in [5.74, 6) is 0.312. The Morgan fingerprint density at radius 1 is 1.40 bits per heavy atom. The Morgan fingerprint density at radius 2 is 2.15 bits per heavy atom. The Bertz CT molecular complexity index is 537. The molecular formula is C13H21ClN2O2S2. The molecule has 1 aliphatic rings. The molecule has 1 saturated heterocycles. The first-order valence-corrected chi connectivity index (χ1v) is 9.11. The number of benzene rings is 1. The van der Waals surface area contributed by atoms with Crippen molar-refractivity contribution in [2.75, 3.05) is 19.3 Å². The minimum absolute atomic E-state index is 0. The lowest BCUT2D eigenvalue weighted by Gasteiger charge is -2.29. The average molecular weight is 337 g/mol. The summed E-state index contributed by atoms with van der Waals surface area (Å²) in [5.41, 5.74) is 0. The Morgan fingerprint density at radius 3 is 2.80 bits per heavy atom. The molecule has 0 bridgehead atoms. The van der Waals surface area contributed by atoms with Gasteiger partial charge >= 0.3 is 0 Å². The highest BCUT2D eigenvalue weighted by Gasteiger charge is 2.26. The van der Waals surface area contributed by atoms with Crippen LogP contribution in [-0.4, -0.2) is 33.8 Å². The van der Waals surface area contributed by atoms with Crippen molar-refractivity contribution in [1.82, 2.24) is 10.0 Å². The number of hydrogen-bond acceptors (Lipinski definition) is 4. The predicted molar refractivity (Wildman–Crippen MR) is 86.2 cm³/mol. The van der Waals surface area contributed by atoms with Gasteiger partial charge in [-0.2, -0.15) is 0 Å². The molecule has 2 unspecified atom stereocenters. The molecule has 20 heavy (non-hydrogen) atoms. The predicted octanol–water partition coefficient (Wildman–Crippen LogP) is 2.11. The van der Waals surface area contributed by atoms with Gasteiger partial charge in [-0.15, -0.1) is 24.2 Å². The molecule has 0 aliphatic carbocycles. The molecule has 2 N–H and O–H groups in total. The van der Waals surface area contributed by atoms with Gasteiger partial charge in [0.25, 0.3) is 0 Å². The van der Waals surface area contributed by atoms with Crippen molar-refractivity contribution in [1.29, 1.82) is 0 Å². The van der Waals surface area contributed by atoms with Crippen LogP contribution in [0.5, 0.6) is 0 Å². The van der Waals surface area contributed by atoms with Gasteiger partial charge in [-0.05, 0) is 49.9 Å². The van der Waals surface area contributed by atoms with E-state index in [2.05, 4.69) is 17.0 Å². The smallest absolute Gasteiger partial charge is 0.240 e. The zero-order valence-electron chi connectivity index (χ0n) is 11.6. The van der Waals surface area contributed by atoms with Gasteiger partial charge in [0, 0.05) is 10.9 Å². The van der Waals surface area contributed by atoms with E-state index in [1.165, 1.54) is 0 Å². The fraction of sp³-hybridized carbons (Fsp3) is 0.538. The lowest BCUT2D eigenvalue weighted by atomic mass is 9.97. The highest BCUT2D eigenvalue weighted by atomic mass is 35.5. The van der Waals surface area contributed by atoms with E-state index in [0.717, 1.165) is 24.4 Å². The van der Waals surface area contributed by atoms with Crippen molar-refractivity contribution >= 4 is 34.2 Å². The van der Waals surface area contributed by atoms with Crippen LogP contribution in [0.15, 0.2) is 34.1 Å². The summed E-state index contributed by atoms with van der Waals surface area (Å²) < 4.78 is 27.6. The number of nitrogens with one attached hydrogen (secondary N) is 2. The van der Waals surface area contributed by atoms with Crippen LogP contribution in [-0.2, 0) is 10.0 Å². The van der Waals surface area contributed by atoms with Crippen LogP contribution in [0.2, 0.25) is 0 Å². The molecule has 1 fully saturated rings. The Hall–Kier alpha value is -0.270. The first-order valence-electron chi connectivity index (χ1n) is 6.40. The minimum Gasteiger partial charge on any atom is -0.316 e. The third-order valence-electron chi connectivity index (χ3n) is 3.44. The normalized spacial score (nSPS) is 23.1. The van der Waals surface area contributed by atoms with E-state index in [-0.39, 0.29) is 18.4 Å². The van der Waals surface area contributed by atoms with Gasteiger partial charge in [-0.25, -0.2) is 13.1 Å². The van der Waals surface area contributed by atoms with Crippen LogP contribution < -0.4 is 10.0 Å². The fourth-order valence-electron chi connectivity index (χ4n) is 2.22. The van der Waals surface area contributed by atoms with E-state index in [9.17, 15) is 8.42 Å². The Labute approximate surface area is 131 Å². The van der Waals surface area contributed by atoms with Gasteiger partial charge in [0.1, 0.15) is 0 Å². The van der Waals surface area contributed by atoms with Crippen LogP contribution in [0, 0.1) is 5.92 Å². The Kier molecular flexibility index (Phi) is 6.81. The monoisotopic (exact) mass is 336 g/mol. The molecule has 4 nitrogen and oxygen atoms in total. The zero-order chi connectivity index (χ0) is 13.9. The van der Waals surface area contributed by atoms with Crippen LogP contribution in [0.1, 0.15) is 13.3 Å². The van der Waals surface area contributed by atoms with Crippen LogP contribution in [0.25, 0.3) is 0 Å². The van der Waals surface area contributed by atoms with E-state index in [1.54, 1.807) is 30.0 Å². The van der Waals surface area contributed by atoms with Gasteiger partial charge in [-0.3, -0.25) is 0 Å². The number of halogens is 1. The van der Waals surface area contributed by atoms with Gasteiger partial charge in [0.05, 0.1) is 4.90 Å². The van der Waals surface area contributed by atoms with Crippen molar-refractivity contribution in [2.24, 2.45) is 5.92 Å². The molecule has 1 aromatic rings. The molecule has 1 aromatic carbocycles. The summed E-state index contributed by atoms with van der Waals surface area (Å²) in [6.45, 7) is 3.79. The second-order valence-electron chi connectivity index (χ2n) is 4.88. The molecule has 1 aliphatic heterocycles. The van der Waals surface area contributed by atoms with Crippen molar-refractivity contribution in [3.8, 4) is 0 Å². The lowest BCUT2D eigenvalue weighted by Crippen LogP contribution is -2.48. The topological polar surface area (TPSA) is 58.2 Å². The number of thioether (sulfide) groups is 1. The largest absolute Gasteiger partial charge is 0.316 e. The van der Waals surface area contributed by atoms with Crippen molar-refractivity contribution in [3.63, 3.8) is 0 Å². The summed E-state index contributed by atoms with van der Waals surface area (Å²) in [6.07, 6.45) is 2.77. The van der Waals surface area contributed by atoms with Gasteiger partial charge in [0.15, 0.2) is 0 Å². The summed E-state index contributed by atoms with van der Waals surface area (Å²) >= 11 is 1.54. The number of sulfonamides is 1. The minimum atomic E-state index is -3.42. The molecule has 1 heterocycles. The highest BCUT2D eigenvalue weighted by Crippen LogP contribution is 2.20. The SMILES string of the molecule is CSc1cccc(S(=O)(=O)NC2CCNCC2C)c1.Cl. The number of rotatable bonds is 4. The summed E-state index contributed by atoms with van der Waals surface area (Å²) in [6, 6.07) is 7.08. The maximum atomic E-state index is 12.4. The maximum absolute atomic E-state index is 12.4. The summed E-state index contributed by atoms with van der Waals surface area (Å²) in [7, 11) is -3.42. The molecule has 2 rings (SSSR count). The molecule has 0 saturated carbocycles. The lowest BCUT2D eigenvalue weighted by molar-refractivity contribution is 0.328. The third kappa shape index (κ3) is 4.36. The third-order valence-corrected chi connectivity index (χ3v) is 5.66. The molecule has 0 aromatic heterocycles. The molecule has 0 radical (unpaired) electrons. The van der Waals surface area contributed by atoms with Gasteiger partial charge in [-0.1, -0.05) is 13.0 Å². The number of hydrogen-bond donors (Lipinski definition) is 2. The molecule has 7 heteroatoms. The summed E-state index contributed by atoms with van der Waals surface area (Å²) in [5, 5.41) is 3.27. The van der Waals surface area contributed by atoms with E-state index >= 15 is 0 Å². The highest BCUT2D eigenvalue weighted by molar-refractivity contribution is 7.98. The molecule has 2 atom stereocenters. The quantitative estimate of drug-likeness (QED) is 0.827. The van der Waals surface area contributed by atoms with Crippen LogP contribution in [0.3, 0.4) is 0 Å². The second kappa shape index (κ2) is 7.66. The zero-order valence-corrected chi connectivity index (χ0v) is 14.1. The van der Waals surface area contributed by atoms with E-state index < -0.39 is 10.0 Å². The van der Waals surface area contributed by atoms with E-state index in [4.69, 9.17) is 0 Å². The first kappa shape index (κ1) is 17.8. The van der Waals surface area contributed by atoms with Crippen molar-refractivity contribution < 1.29 is 8.42 Å². The van der Waals surface area contributed by atoms with Crippen LogP contribution in [0.4, 0.5) is 0 Å². The van der Waals surface area contributed by atoms with Crippen molar-refractivity contribution in [3.05, 3.63) is 24.3 Å². The average Bonchev–Trinajstić information content (AvgIpc) is 2.41. The maximum Gasteiger partial charge on any atom is 0.240 e. The van der Waals surface area contributed by atoms with E-state index in [0.29, 0.717) is 10.8 Å². The number of piperidine rings is 1. The van der Waals surface area contributed by atoms with Gasteiger partial charge < -0.3 is 5.32 Å². The Balaban J connectivity index is 0.00000200. The summed E-state index contributed by atoms with van der Waals surface area (Å²) in [4.78, 5) is 1.31. The molecule has 0 spiro atoms. The van der Waals surface area contributed by atoms with E-state index in [1.807, 2.05) is 12.3 Å². The second-order valence-corrected chi connectivity index (χ2v) is 7.47. The fourth-order valence-corrected chi connectivity index (χ4v) is 4.18. The molecule has 114 valence electrons. The van der Waals surface area contributed by atoms with Crippen LogP contribution >= 0.6 is 24.2 Å². The van der Waals surface area contributed by atoms with Gasteiger partial charge in [0.2, 0.25) is 10.0 Å². The standard InChI is InChI=1S/C13H20N2O2S2.ClH/c1-10-9-14-7-6-13(10)15-19(16,17)12-5-3-4-11(8-12)18-2;/h3-5,8,10,13-15H,6-7,9H2,1-2H3;1H. The van der Waals surface area contributed by atoms with Crippen molar-refractivity contribution in [2.45, 2.75) is 29.2 Å². The molecule has 0 amide bonds. The first-order chi connectivity index (χ1) is 9.03.